The minimum Gasteiger partial charge on any atom is -0.497 e. The molecule has 0 heterocycles. The molecule has 0 saturated heterocycles. The first-order valence-electron chi connectivity index (χ1n) is 6.20. The number of aliphatic hydroxyl groups excluding tert-OH is 1. The third kappa shape index (κ3) is 3.72. The van der Waals surface area contributed by atoms with Crippen molar-refractivity contribution < 1.29 is 9.84 Å². The van der Waals surface area contributed by atoms with Crippen LogP contribution in [0.15, 0.2) is 48.5 Å². The number of methoxy groups -OCH3 is 1. The molecule has 0 fully saturated rings. The van der Waals surface area contributed by atoms with Gasteiger partial charge in [-0.25, -0.2) is 0 Å². The van der Waals surface area contributed by atoms with Gasteiger partial charge in [-0.05, 0) is 35.2 Å². The Bertz CT molecular complexity index is 505. The van der Waals surface area contributed by atoms with Crippen molar-refractivity contribution in [2.24, 2.45) is 0 Å². The lowest BCUT2D eigenvalue weighted by Crippen LogP contribution is -2.11. The van der Waals surface area contributed by atoms with Crippen molar-refractivity contribution in [3.63, 3.8) is 0 Å². The Morgan fingerprint density at radius 3 is 2.00 bits per heavy atom. The van der Waals surface area contributed by atoms with Gasteiger partial charge in [-0.3, -0.25) is 0 Å². The first-order valence-corrected chi connectivity index (χ1v) is 6.74. The van der Waals surface area contributed by atoms with Crippen molar-refractivity contribution in [2.75, 3.05) is 13.0 Å². The molecule has 3 heteroatoms. The molecule has 100 valence electrons. The average Bonchev–Trinajstić information content (AvgIpc) is 2.48. The predicted octanol–water partition coefficient (Wildman–Crippen LogP) is 3.50. The lowest BCUT2D eigenvalue weighted by atomic mass is 10.0. The third-order valence-corrected chi connectivity index (χ3v) is 3.38. The quantitative estimate of drug-likeness (QED) is 0.847. The number of aliphatic hydroxyl groups is 1. The topological polar surface area (TPSA) is 29.5 Å². The molecule has 2 aromatic carbocycles. The van der Waals surface area contributed by atoms with Gasteiger partial charge >= 0.3 is 0 Å². The third-order valence-electron chi connectivity index (χ3n) is 3.03. The van der Waals surface area contributed by atoms with Crippen LogP contribution in [0.2, 0.25) is 0 Å². The highest BCUT2D eigenvalue weighted by atomic mass is 35.5. The molecular formula is C16H17ClO2. The second-order valence-electron chi connectivity index (χ2n) is 4.44. The molecule has 0 aliphatic heterocycles. The molecule has 0 aromatic heterocycles. The Hall–Kier alpha value is -1.51. The van der Waals surface area contributed by atoms with Gasteiger partial charge in [0, 0.05) is 5.88 Å². The first kappa shape index (κ1) is 13.9. The standard InChI is InChI=1S/C16H17ClO2/c1-19-16-8-6-14(7-9-16)13-4-2-12(3-5-13)10-15(18)11-17/h2-9,15,18H,10-11H2,1H3/t15-/m1/s1. The maximum Gasteiger partial charge on any atom is 0.118 e. The zero-order valence-electron chi connectivity index (χ0n) is 10.8. The van der Waals surface area contributed by atoms with Crippen molar-refractivity contribution in [3.8, 4) is 16.9 Å². The summed E-state index contributed by atoms with van der Waals surface area (Å²) in [4.78, 5) is 0. The largest absolute Gasteiger partial charge is 0.497 e. The van der Waals surface area contributed by atoms with Gasteiger partial charge in [-0.1, -0.05) is 36.4 Å². The Balaban J connectivity index is 2.12. The summed E-state index contributed by atoms with van der Waals surface area (Å²) >= 11 is 5.60. The summed E-state index contributed by atoms with van der Waals surface area (Å²) in [7, 11) is 1.66. The van der Waals surface area contributed by atoms with Crippen molar-refractivity contribution in [1.82, 2.24) is 0 Å². The van der Waals surface area contributed by atoms with Crippen LogP contribution < -0.4 is 4.74 Å². The van der Waals surface area contributed by atoms with Gasteiger partial charge in [0.05, 0.1) is 13.2 Å². The first-order chi connectivity index (χ1) is 9.22. The molecule has 0 aliphatic carbocycles. The molecule has 2 rings (SSSR count). The lowest BCUT2D eigenvalue weighted by Gasteiger charge is -2.08. The zero-order valence-corrected chi connectivity index (χ0v) is 11.6. The second-order valence-corrected chi connectivity index (χ2v) is 4.75. The van der Waals surface area contributed by atoms with E-state index in [0.29, 0.717) is 6.42 Å². The van der Waals surface area contributed by atoms with E-state index in [1.165, 1.54) is 0 Å². The van der Waals surface area contributed by atoms with Gasteiger partial charge in [0.2, 0.25) is 0 Å². The number of ether oxygens (including phenoxy) is 1. The number of alkyl halides is 1. The molecule has 2 nitrogen and oxygen atoms in total. The van der Waals surface area contributed by atoms with Crippen LogP contribution in [0.3, 0.4) is 0 Å². The smallest absolute Gasteiger partial charge is 0.118 e. The highest BCUT2D eigenvalue weighted by Gasteiger charge is 2.04. The maximum atomic E-state index is 9.51. The zero-order chi connectivity index (χ0) is 13.7. The fourth-order valence-electron chi connectivity index (χ4n) is 1.94. The van der Waals surface area contributed by atoms with E-state index in [0.717, 1.165) is 22.4 Å². The fraction of sp³-hybridized carbons (Fsp3) is 0.250. The molecule has 1 N–H and O–H groups in total. The molecule has 0 radical (unpaired) electrons. The molecule has 0 spiro atoms. The van der Waals surface area contributed by atoms with E-state index >= 15 is 0 Å². The van der Waals surface area contributed by atoms with Gasteiger partial charge in [-0.15, -0.1) is 11.6 Å². The Morgan fingerprint density at radius 2 is 1.53 bits per heavy atom. The number of rotatable bonds is 5. The van der Waals surface area contributed by atoms with E-state index in [4.69, 9.17) is 16.3 Å². The van der Waals surface area contributed by atoms with E-state index in [1.807, 2.05) is 36.4 Å². The highest BCUT2D eigenvalue weighted by molar-refractivity contribution is 6.18. The van der Waals surface area contributed by atoms with Gasteiger partial charge < -0.3 is 9.84 Å². The fourth-order valence-corrected chi connectivity index (χ4v) is 2.05. The summed E-state index contributed by atoms with van der Waals surface area (Å²) in [6, 6.07) is 16.1. The van der Waals surface area contributed by atoms with E-state index in [-0.39, 0.29) is 5.88 Å². The van der Waals surface area contributed by atoms with Crippen LogP contribution in [0.25, 0.3) is 11.1 Å². The molecule has 0 aliphatic rings. The van der Waals surface area contributed by atoms with Crippen molar-refractivity contribution in [1.29, 1.82) is 0 Å². The second kappa shape index (κ2) is 6.60. The van der Waals surface area contributed by atoms with Crippen LogP contribution in [0.1, 0.15) is 5.56 Å². The molecule has 0 unspecified atom stereocenters. The molecule has 19 heavy (non-hydrogen) atoms. The van der Waals surface area contributed by atoms with E-state index < -0.39 is 6.10 Å². The summed E-state index contributed by atoms with van der Waals surface area (Å²) < 4.78 is 5.14. The number of halogens is 1. The summed E-state index contributed by atoms with van der Waals surface area (Å²) in [5.74, 6) is 1.12. The SMILES string of the molecule is COc1ccc(-c2ccc(C[C@@H](O)CCl)cc2)cc1. The van der Waals surface area contributed by atoms with Crippen LogP contribution in [-0.2, 0) is 6.42 Å². The van der Waals surface area contributed by atoms with Gasteiger partial charge in [0.15, 0.2) is 0 Å². The maximum absolute atomic E-state index is 9.51. The molecule has 1 atom stereocenters. The average molecular weight is 277 g/mol. The van der Waals surface area contributed by atoms with Crippen molar-refractivity contribution >= 4 is 11.6 Å². The predicted molar refractivity (Wildman–Crippen MR) is 78.9 cm³/mol. The van der Waals surface area contributed by atoms with Crippen LogP contribution in [0.5, 0.6) is 5.75 Å². The van der Waals surface area contributed by atoms with Crippen LogP contribution in [0, 0.1) is 0 Å². The monoisotopic (exact) mass is 276 g/mol. The Kier molecular flexibility index (Phi) is 4.83. The Morgan fingerprint density at radius 1 is 1.00 bits per heavy atom. The summed E-state index contributed by atoms with van der Waals surface area (Å²) in [6.07, 6.45) is 0.111. The normalized spacial score (nSPS) is 12.2. The molecule has 0 amide bonds. The van der Waals surface area contributed by atoms with Gasteiger partial charge in [-0.2, -0.15) is 0 Å². The molecule has 2 aromatic rings. The molecular weight excluding hydrogens is 260 g/mol. The van der Waals surface area contributed by atoms with Gasteiger partial charge in [0.25, 0.3) is 0 Å². The number of benzene rings is 2. The molecule has 0 saturated carbocycles. The minimum atomic E-state index is -0.478. The van der Waals surface area contributed by atoms with Crippen molar-refractivity contribution in [3.05, 3.63) is 54.1 Å². The Labute approximate surface area is 118 Å². The van der Waals surface area contributed by atoms with Crippen LogP contribution in [-0.4, -0.2) is 24.2 Å². The summed E-state index contributed by atoms with van der Waals surface area (Å²) in [5, 5.41) is 9.51. The molecule has 0 bridgehead atoms. The summed E-state index contributed by atoms with van der Waals surface area (Å²) in [6.45, 7) is 0. The minimum absolute atomic E-state index is 0.264. The van der Waals surface area contributed by atoms with Crippen LogP contribution in [0.4, 0.5) is 0 Å². The highest BCUT2D eigenvalue weighted by Crippen LogP contribution is 2.23. The summed E-state index contributed by atoms with van der Waals surface area (Å²) in [5.41, 5.74) is 3.38. The van der Waals surface area contributed by atoms with Crippen molar-refractivity contribution in [2.45, 2.75) is 12.5 Å². The van der Waals surface area contributed by atoms with E-state index in [2.05, 4.69) is 12.1 Å². The van der Waals surface area contributed by atoms with Gasteiger partial charge in [0.1, 0.15) is 5.75 Å². The van der Waals surface area contributed by atoms with Crippen LogP contribution >= 0.6 is 11.6 Å². The van der Waals surface area contributed by atoms with E-state index in [1.54, 1.807) is 7.11 Å². The van der Waals surface area contributed by atoms with E-state index in [9.17, 15) is 5.11 Å². The lowest BCUT2D eigenvalue weighted by molar-refractivity contribution is 0.199. The number of hydrogen-bond acceptors (Lipinski definition) is 2. The number of hydrogen-bond donors (Lipinski definition) is 1.